The van der Waals surface area contributed by atoms with Crippen molar-refractivity contribution in [2.24, 2.45) is 4.99 Å². The van der Waals surface area contributed by atoms with Crippen molar-refractivity contribution in [2.45, 2.75) is 25.8 Å². The van der Waals surface area contributed by atoms with Gasteiger partial charge in [0.1, 0.15) is 0 Å². The highest BCUT2D eigenvalue weighted by Gasteiger charge is 2.08. The first-order valence-electron chi connectivity index (χ1n) is 7.61. The molecule has 1 heterocycles. The van der Waals surface area contributed by atoms with E-state index in [9.17, 15) is 5.11 Å². The molecular formula is C19H20N2O. The van der Waals surface area contributed by atoms with Crippen LogP contribution in [0.3, 0.4) is 0 Å². The Labute approximate surface area is 130 Å². The maximum absolute atomic E-state index is 10.0. The third-order valence-corrected chi connectivity index (χ3v) is 3.88. The van der Waals surface area contributed by atoms with E-state index in [1.54, 1.807) is 6.21 Å². The minimum atomic E-state index is 0.181. The predicted octanol–water partition coefficient (Wildman–Crippen LogP) is 4.31. The van der Waals surface area contributed by atoms with Gasteiger partial charge in [-0.3, -0.25) is 4.99 Å². The topological polar surface area (TPSA) is 48.4 Å². The molecule has 2 aromatic carbocycles. The van der Waals surface area contributed by atoms with Crippen LogP contribution in [0, 0.1) is 0 Å². The molecule has 0 fully saturated rings. The number of hydrogen-bond acceptors (Lipinski definition) is 2. The third kappa shape index (κ3) is 3.19. The molecule has 1 aromatic heterocycles. The van der Waals surface area contributed by atoms with Gasteiger partial charge in [0, 0.05) is 23.2 Å². The minimum absolute atomic E-state index is 0.181. The van der Waals surface area contributed by atoms with Crippen LogP contribution >= 0.6 is 0 Å². The third-order valence-electron chi connectivity index (χ3n) is 3.88. The number of para-hydroxylation sites is 1. The molecular weight excluding hydrogens is 272 g/mol. The zero-order valence-electron chi connectivity index (χ0n) is 12.7. The fourth-order valence-electron chi connectivity index (χ4n) is 2.58. The summed E-state index contributed by atoms with van der Waals surface area (Å²) in [6.07, 6.45) is 3.78. The Kier molecular flexibility index (Phi) is 4.24. The van der Waals surface area contributed by atoms with E-state index >= 15 is 0 Å². The SMILES string of the molecule is C[C@@H](CCc1ccccc1)N=Cc1c(O)[nH]c2ccccc12. The molecule has 0 bridgehead atoms. The van der Waals surface area contributed by atoms with Crippen molar-refractivity contribution in [3.05, 3.63) is 65.7 Å². The molecule has 0 radical (unpaired) electrons. The summed E-state index contributed by atoms with van der Waals surface area (Å²) in [6, 6.07) is 18.5. The Bertz CT molecular complexity index is 774. The van der Waals surface area contributed by atoms with Gasteiger partial charge in [-0.2, -0.15) is 0 Å². The quantitative estimate of drug-likeness (QED) is 0.676. The second kappa shape index (κ2) is 6.48. The number of aliphatic imine (C=N–C) groups is 1. The second-order valence-electron chi connectivity index (χ2n) is 5.58. The van der Waals surface area contributed by atoms with Crippen molar-refractivity contribution in [1.29, 1.82) is 0 Å². The summed E-state index contributed by atoms with van der Waals surface area (Å²) in [5, 5.41) is 11.0. The fraction of sp³-hybridized carbons (Fsp3) is 0.211. The minimum Gasteiger partial charge on any atom is -0.494 e. The van der Waals surface area contributed by atoms with Crippen LogP contribution in [0.1, 0.15) is 24.5 Å². The van der Waals surface area contributed by atoms with Gasteiger partial charge < -0.3 is 10.1 Å². The number of benzene rings is 2. The van der Waals surface area contributed by atoms with E-state index in [1.165, 1.54) is 5.56 Å². The van der Waals surface area contributed by atoms with Crippen molar-refractivity contribution in [3.63, 3.8) is 0 Å². The summed E-state index contributed by atoms with van der Waals surface area (Å²) in [6.45, 7) is 2.10. The predicted molar refractivity (Wildman–Crippen MR) is 91.8 cm³/mol. The van der Waals surface area contributed by atoms with E-state index in [4.69, 9.17) is 0 Å². The van der Waals surface area contributed by atoms with Gasteiger partial charge in [-0.05, 0) is 31.4 Å². The zero-order valence-corrected chi connectivity index (χ0v) is 12.7. The monoisotopic (exact) mass is 292 g/mol. The Morgan fingerprint density at radius 1 is 1.09 bits per heavy atom. The van der Waals surface area contributed by atoms with Gasteiger partial charge in [0.25, 0.3) is 0 Å². The van der Waals surface area contributed by atoms with Crippen LogP contribution < -0.4 is 0 Å². The smallest absolute Gasteiger partial charge is 0.198 e. The number of aromatic hydroxyl groups is 1. The van der Waals surface area contributed by atoms with Crippen molar-refractivity contribution < 1.29 is 5.11 Å². The van der Waals surface area contributed by atoms with Crippen molar-refractivity contribution in [1.82, 2.24) is 4.98 Å². The number of hydrogen-bond donors (Lipinski definition) is 2. The first-order valence-corrected chi connectivity index (χ1v) is 7.61. The van der Waals surface area contributed by atoms with Crippen LogP contribution in [0.25, 0.3) is 10.9 Å². The lowest BCUT2D eigenvalue weighted by Gasteiger charge is -2.06. The van der Waals surface area contributed by atoms with E-state index in [-0.39, 0.29) is 11.9 Å². The molecule has 0 saturated heterocycles. The van der Waals surface area contributed by atoms with Gasteiger partial charge in [-0.25, -0.2) is 0 Å². The molecule has 112 valence electrons. The molecule has 0 unspecified atom stereocenters. The molecule has 22 heavy (non-hydrogen) atoms. The molecule has 1 atom stereocenters. The summed E-state index contributed by atoms with van der Waals surface area (Å²) >= 11 is 0. The van der Waals surface area contributed by atoms with Gasteiger partial charge in [0.15, 0.2) is 5.88 Å². The summed E-state index contributed by atoms with van der Waals surface area (Å²) in [5.41, 5.74) is 3.03. The highest BCUT2D eigenvalue weighted by atomic mass is 16.3. The van der Waals surface area contributed by atoms with Crippen molar-refractivity contribution >= 4 is 17.1 Å². The van der Waals surface area contributed by atoms with Gasteiger partial charge >= 0.3 is 0 Å². The Morgan fingerprint density at radius 2 is 1.82 bits per heavy atom. The van der Waals surface area contributed by atoms with E-state index < -0.39 is 0 Å². The van der Waals surface area contributed by atoms with Crippen LogP contribution in [0.4, 0.5) is 0 Å². The van der Waals surface area contributed by atoms with Gasteiger partial charge in [-0.1, -0.05) is 48.5 Å². The lowest BCUT2D eigenvalue weighted by Crippen LogP contribution is -2.01. The molecule has 0 spiro atoms. The largest absolute Gasteiger partial charge is 0.494 e. The van der Waals surface area contributed by atoms with Crippen molar-refractivity contribution in [3.8, 4) is 5.88 Å². The Hall–Kier alpha value is -2.55. The lowest BCUT2D eigenvalue weighted by atomic mass is 10.1. The summed E-state index contributed by atoms with van der Waals surface area (Å²) in [4.78, 5) is 7.56. The number of H-pyrrole nitrogens is 1. The van der Waals surface area contributed by atoms with E-state index in [0.717, 1.165) is 29.3 Å². The van der Waals surface area contributed by atoms with Gasteiger partial charge in [0.2, 0.25) is 0 Å². The number of nitrogens with one attached hydrogen (secondary N) is 1. The van der Waals surface area contributed by atoms with Crippen LogP contribution in [0.15, 0.2) is 59.6 Å². The molecule has 3 nitrogen and oxygen atoms in total. The highest BCUT2D eigenvalue weighted by Crippen LogP contribution is 2.25. The molecule has 0 aliphatic carbocycles. The molecule has 3 aromatic rings. The van der Waals surface area contributed by atoms with Crippen LogP contribution in [0.5, 0.6) is 5.88 Å². The average Bonchev–Trinajstić information content (AvgIpc) is 2.87. The van der Waals surface area contributed by atoms with E-state index in [0.29, 0.717) is 0 Å². The normalized spacial score (nSPS) is 13.0. The van der Waals surface area contributed by atoms with Crippen LogP contribution in [-0.2, 0) is 6.42 Å². The number of aromatic nitrogens is 1. The number of rotatable bonds is 5. The summed E-state index contributed by atoms with van der Waals surface area (Å²) in [5.74, 6) is 0.181. The maximum Gasteiger partial charge on any atom is 0.198 e. The molecule has 3 heteroatoms. The van der Waals surface area contributed by atoms with Gasteiger partial charge in [-0.15, -0.1) is 0 Å². The average molecular weight is 292 g/mol. The molecule has 3 rings (SSSR count). The fourth-order valence-corrected chi connectivity index (χ4v) is 2.58. The summed E-state index contributed by atoms with van der Waals surface area (Å²) in [7, 11) is 0. The van der Waals surface area contributed by atoms with Gasteiger partial charge in [0.05, 0.1) is 5.56 Å². The Balaban J connectivity index is 1.68. The lowest BCUT2D eigenvalue weighted by molar-refractivity contribution is 0.457. The molecule has 0 aliphatic heterocycles. The number of aryl methyl sites for hydroxylation is 1. The van der Waals surface area contributed by atoms with Crippen LogP contribution in [0.2, 0.25) is 0 Å². The Morgan fingerprint density at radius 3 is 2.64 bits per heavy atom. The van der Waals surface area contributed by atoms with E-state index in [2.05, 4.69) is 41.2 Å². The second-order valence-corrected chi connectivity index (χ2v) is 5.58. The number of aromatic amines is 1. The first kappa shape index (κ1) is 14.4. The number of nitrogens with zero attached hydrogens (tertiary/aromatic N) is 1. The summed E-state index contributed by atoms with van der Waals surface area (Å²) < 4.78 is 0. The molecule has 0 saturated carbocycles. The van der Waals surface area contributed by atoms with Crippen LogP contribution in [-0.4, -0.2) is 22.3 Å². The molecule has 0 aliphatic rings. The highest BCUT2D eigenvalue weighted by molar-refractivity contribution is 6.01. The molecule has 2 N–H and O–H groups in total. The number of fused-ring (bicyclic) bond motifs is 1. The molecule has 0 amide bonds. The zero-order chi connectivity index (χ0) is 15.4. The van der Waals surface area contributed by atoms with Crippen molar-refractivity contribution in [2.75, 3.05) is 0 Å². The first-order chi connectivity index (χ1) is 10.7. The standard InChI is InChI=1S/C19H20N2O/c1-14(11-12-15-7-3-2-4-8-15)20-13-17-16-9-5-6-10-18(16)21-19(17)22/h2-10,13-14,21-22H,11-12H2,1H3/t14-/m0/s1. The van der Waals surface area contributed by atoms with E-state index in [1.807, 2.05) is 30.3 Å². The maximum atomic E-state index is 10.0.